The molecule has 0 spiro atoms. The molecule has 30 heavy (non-hydrogen) atoms. The van der Waals surface area contributed by atoms with Crippen molar-refractivity contribution in [1.29, 1.82) is 0 Å². The Kier molecular flexibility index (Phi) is 5.82. The molecule has 0 saturated carbocycles. The van der Waals surface area contributed by atoms with Gasteiger partial charge in [0.15, 0.2) is 0 Å². The lowest BCUT2D eigenvalue weighted by Gasteiger charge is -2.30. The second kappa shape index (κ2) is 9.03. The van der Waals surface area contributed by atoms with E-state index in [2.05, 4.69) is 88.7 Å². The van der Waals surface area contributed by atoms with Crippen molar-refractivity contribution in [3.8, 4) is 0 Å². The summed E-state index contributed by atoms with van der Waals surface area (Å²) in [5.74, 6) is 0.459. The van der Waals surface area contributed by atoms with Crippen LogP contribution in [0.25, 0.3) is 0 Å². The molecule has 3 aromatic carbocycles. The highest BCUT2D eigenvalue weighted by molar-refractivity contribution is 5.53. The average molecular weight is 399 g/mol. The minimum absolute atomic E-state index is 0.459. The number of fused-ring (bicyclic) bond motifs is 1. The van der Waals surface area contributed by atoms with E-state index in [0.29, 0.717) is 5.92 Å². The summed E-state index contributed by atoms with van der Waals surface area (Å²) in [4.78, 5) is 5.08. The fraction of sp³-hybridized carbons (Fsp3) is 0.333. The molecular formula is C27H30N2O. The molecule has 0 amide bonds. The topological polar surface area (TPSA) is 15.7 Å². The Bertz CT molecular complexity index is 951. The molecule has 154 valence electrons. The van der Waals surface area contributed by atoms with Gasteiger partial charge in [0.25, 0.3) is 0 Å². The lowest BCUT2D eigenvalue weighted by Crippen LogP contribution is -2.36. The second-order valence-electron chi connectivity index (χ2n) is 8.43. The standard InChI is InChI=1S/C27H30N2O/c1-3-7-22(8-4-1)20-28-14-13-27(23-9-5-2-6-10-23)26-12-11-25(19-24(26)21-28)29-15-17-30-18-16-29/h1-12,19,27H,13-18,20-21H2. The Balaban J connectivity index is 1.48. The summed E-state index contributed by atoms with van der Waals surface area (Å²) in [6.07, 6.45) is 1.15. The molecule has 3 aromatic rings. The molecule has 1 unspecified atom stereocenters. The molecule has 5 rings (SSSR count). The van der Waals surface area contributed by atoms with Crippen LogP contribution in [-0.2, 0) is 17.8 Å². The molecule has 0 N–H and O–H groups in total. The number of hydrogen-bond donors (Lipinski definition) is 0. The first-order valence-electron chi connectivity index (χ1n) is 11.1. The zero-order chi connectivity index (χ0) is 20.2. The average Bonchev–Trinajstić information content (AvgIpc) is 2.99. The molecule has 0 aliphatic carbocycles. The van der Waals surface area contributed by atoms with Crippen LogP contribution in [0.1, 0.15) is 34.6 Å². The SMILES string of the molecule is c1ccc(CN2CCC(c3ccccc3)c3ccc(N4CCOCC4)cc3C2)cc1. The van der Waals surface area contributed by atoms with Gasteiger partial charge in [-0.2, -0.15) is 0 Å². The monoisotopic (exact) mass is 398 g/mol. The lowest BCUT2D eigenvalue weighted by molar-refractivity contribution is 0.122. The predicted octanol–water partition coefficient (Wildman–Crippen LogP) is 5.06. The number of hydrogen-bond acceptors (Lipinski definition) is 3. The Morgan fingerprint density at radius 1 is 0.800 bits per heavy atom. The van der Waals surface area contributed by atoms with E-state index in [9.17, 15) is 0 Å². The highest BCUT2D eigenvalue weighted by Crippen LogP contribution is 2.36. The Morgan fingerprint density at radius 3 is 2.30 bits per heavy atom. The van der Waals surface area contributed by atoms with Gasteiger partial charge in [-0.3, -0.25) is 4.90 Å². The normalized spacial score (nSPS) is 19.9. The van der Waals surface area contributed by atoms with Gasteiger partial charge in [0, 0.05) is 37.8 Å². The Hall–Kier alpha value is -2.62. The number of benzene rings is 3. The first kappa shape index (κ1) is 19.3. The second-order valence-corrected chi connectivity index (χ2v) is 8.43. The maximum Gasteiger partial charge on any atom is 0.0642 e. The minimum atomic E-state index is 0.459. The molecular weight excluding hydrogens is 368 g/mol. The van der Waals surface area contributed by atoms with E-state index in [1.54, 1.807) is 0 Å². The van der Waals surface area contributed by atoms with Crippen molar-refractivity contribution in [2.75, 3.05) is 37.7 Å². The van der Waals surface area contributed by atoms with Crippen molar-refractivity contribution < 1.29 is 4.74 Å². The molecule has 1 saturated heterocycles. The van der Waals surface area contributed by atoms with Crippen LogP contribution in [-0.4, -0.2) is 37.7 Å². The minimum Gasteiger partial charge on any atom is -0.378 e. The smallest absolute Gasteiger partial charge is 0.0642 e. The molecule has 2 aliphatic rings. The summed E-state index contributed by atoms with van der Waals surface area (Å²) in [6.45, 7) is 6.72. The quantitative estimate of drug-likeness (QED) is 0.611. The van der Waals surface area contributed by atoms with E-state index >= 15 is 0 Å². The highest BCUT2D eigenvalue weighted by atomic mass is 16.5. The maximum absolute atomic E-state index is 5.56. The van der Waals surface area contributed by atoms with Gasteiger partial charge in [-0.05, 0) is 47.4 Å². The summed E-state index contributed by atoms with van der Waals surface area (Å²) in [5.41, 5.74) is 7.13. The van der Waals surface area contributed by atoms with Crippen LogP contribution in [0.3, 0.4) is 0 Å². The van der Waals surface area contributed by atoms with Crippen LogP contribution >= 0.6 is 0 Å². The molecule has 3 nitrogen and oxygen atoms in total. The molecule has 3 heteroatoms. The van der Waals surface area contributed by atoms with Crippen LogP contribution in [0.2, 0.25) is 0 Å². The van der Waals surface area contributed by atoms with Crippen molar-refractivity contribution in [3.63, 3.8) is 0 Å². The van der Waals surface area contributed by atoms with Gasteiger partial charge >= 0.3 is 0 Å². The maximum atomic E-state index is 5.56. The van der Waals surface area contributed by atoms with Gasteiger partial charge < -0.3 is 9.64 Å². The molecule has 2 heterocycles. The van der Waals surface area contributed by atoms with Crippen LogP contribution in [0.5, 0.6) is 0 Å². The Morgan fingerprint density at radius 2 is 1.53 bits per heavy atom. The fourth-order valence-electron chi connectivity index (χ4n) is 4.88. The van der Waals surface area contributed by atoms with E-state index in [0.717, 1.165) is 52.4 Å². The Labute approximate surface area is 179 Å². The molecule has 1 fully saturated rings. The zero-order valence-corrected chi connectivity index (χ0v) is 17.5. The number of morpholine rings is 1. The fourth-order valence-corrected chi connectivity index (χ4v) is 4.88. The van der Waals surface area contributed by atoms with Crippen LogP contribution in [0, 0.1) is 0 Å². The zero-order valence-electron chi connectivity index (χ0n) is 17.5. The van der Waals surface area contributed by atoms with E-state index in [4.69, 9.17) is 4.74 Å². The third-order valence-electron chi connectivity index (χ3n) is 6.46. The van der Waals surface area contributed by atoms with Crippen molar-refractivity contribution >= 4 is 5.69 Å². The van der Waals surface area contributed by atoms with E-state index in [-0.39, 0.29) is 0 Å². The highest BCUT2D eigenvalue weighted by Gasteiger charge is 2.25. The third kappa shape index (κ3) is 4.28. The molecule has 0 bridgehead atoms. The van der Waals surface area contributed by atoms with Crippen molar-refractivity contribution in [1.82, 2.24) is 4.90 Å². The van der Waals surface area contributed by atoms with Gasteiger partial charge in [0.2, 0.25) is 0 Å². The summed E-state index contributed by atoms with van der Waals surface area (Å²) in [7, 11) is 0. The van der Waals surface area contributed by atoms with Crippen LogP contribution in [0.4, 0.5) is 5.69 Å². The van der Waals surface area contributed by atoms with Gasteiger partial charge in [-0.15, -0.1) is 0 Å². The van der Waals surface area contributed by atoms with Crippen molar-refractivity contribution in [3.05, 3.63) is 101 Å². The lowest BCUT2D eigenvalue weighted by atomic mass is 9.86. The number of anilines is 1. The first-order valence-corrected chi connectivity index (χ1v) is 11.1. The molecule has 2 aliphatic heterocycles. The third-order valence-corrected chi connectivity index (χ3v) is 6.46. The molecule has 0 aromatic heterocycles. The summed E-state index contributed by atoms with van der Waals surface area (Å²) >= 11 is 0. The number of ether oxygens (including phenoxy) is 1. The van der Waals surface area contributed by atoms with Crippen LogP contribution in [0.15, 0.2) is 78.9 Å². The van der Waals surface area contributed by atoms with Gasteiger partial charge in [-0.25, -0.2) is 0 Å². The van der Waals surface area contributed by atoms with Crippen LogP contribution < -0.4 is 4.90 Å². The summed E-state index contributed by atoms with van der Waals surface area (Å²) in [5, 5.41) is 0. The summed E-state index contributed by atoms with van der Waals surface area (Å²) in [6, 6.07) is 29.1. The van der Waals surface area contributed by atoms with Crippen molar-refractivity contribution in [2.24, 2.45) is 0 Å². The van der Waals surface area contributed by atoms with Gasteiger partial charge in [-0.1, -0.05) is 66.7 Å². The predicted molar refractivity (Wildman–Crippen MR) is 123 cm³/mol. The van der Waals surface area contributed by atoms with Gasteiger partial charge in [0.1, 0.15) is 0 Å². The van der Waals surface area contributed by atoms with Crippen molar-refractivity contribution in [2.45, 2.75) is 25.4 Å². The molecule has 1 atom stereocenters. The largest absolute Gasteiger partial charge is 0.378 e. The summed E-state index contributed by atoms with van der Waals surface area (Å²) < 4.78 is 5.56. The van der Waals surface area contributed by atoms with E-state index in [1.165, 1.54) is 27.9 Å². The van der Waals surface area contributed by atoms with E-state index < -0.39 is 0 Å². The molecule has 0 radical (unpaired) electrons. The number of nitrogens with zero attached hydrogens (tertiary/aromatic N) is 2. The van der Waals surface area contributed by atoms with E-state index in [1.807, 2.05) is 0 Å². The van der Waals surface area contributed by atoms with Gasteiger partial charge in [0.05, 0.1) is 13.2 Å². The number of rotatable bonds is 4. The first-order chi connectivity index (χ1) is 14.9.